The standard InChI is InChI=1S/C11H13N3/c1-12-8-9-4-2-3-5-10(9)11-13-6-7-14-11/h2-7,12H,8H2,1H3,(H,13,14). The summed E-state index contributed by atoms with van der Waals surface area (Å²) in [5.74, 6) is 0.927. The molecule has 0 amide bonds. The van der Waals surface area contributed by atoms with E-state index in [4.69, 9.17) is 0 Å². The van der Waals surface area contributed by atoms with E-state index in [2.05, 4.69) is 27.4 Å². The zero-order chi connectivity index (χ0) is 9.80. The molecule has 0 aliphatic rings. The fraction of sp³-hybridized carbons (Fsp3) is 0.182. The van der Waals surface area contributed by atoms with Gasteiger partial charge in [0.2, 0.25) is 0 Å². The van der Waals surface area contributed by atoms with E-state index >= 15 is 0 Å². The molecule has 3 heteroatoms. The molecule has 1 aromatic carbocycles. The summed E-state index contributed by atoms with van der Waals surface area (Å²) in [5, 5.41) is 3.14. The minimum atomic E-state index is 0.858. The van der Waals surface area contributed by atoms with Gasteiger partial charge >= 0.3 is 0 Å². The van der Waals surface area contributed by atoms with Crippen LogP contribution in [0, 0.1) is 0 Å². The van der Waals surface area contributed by atoms with Crippen LogP contribution >= 0.6 is 0 Å². The molecule has 2 aromatic rings. The molecular formula is C11H13N3. The van der Waals surface area contributed by atoms with Crippen molar-refractivity contribution in [2.24, 2.45) is 0 Å². The van der Waals surface area contributed by atoms with E-state index in [1.165, 1.54) is 5.56 Å². The predicted octanol–water partition coefficient (Wildman–Crippen LogP) is 1.80. The second-order valence-electron chi connectivity index (χ2n) is 3.13. The molecule has 14 heavy (non-hydrogen) atoms. The third-order valence-electron chi connectivity index (χ3n) is 2.14. The first-order valence-electron chi connectivity index (χ1n) is 4.64. The van der Waals surface area contributed by atoms with Gasteiger partial charge in [0.05, 0.1) is 0 Å². The third-order valence-corrected chi connectivity index (χ3v) is 2.14. The van der Waals surface area contributed by atoms with Gasteiger partial charge in [-0.15, -0.1) is 0 Å². The number of aromatic amines is 1. The number of hydrogen-bond acceptors (Lipinski definition) is 2. The minimum absolute atomic E-state index is 0.858. The van der Waals surface area contributed by atoms with Crippen molar-refractivity contribution in [2.75, 3.05) is 7.05 Å². The van der Waals surface area contributed by atoms with Crippen LogP contribution in [0.25, 0.3) is 11.4 Å². The topological polar surface area (TPSA) is 40.7 Å². The molecule has 1 heterocycles. The number of hydrogen-bond donors (Lipinski definition) is 2. The summed E-state index contributed by atoms with van der Waals surface area (Å²) >= 11 is 0. The first-order valence-corrected chi connectivity index (χ1v) is 4.64. The predicted molar refractivity (Wildman–Crippen MR) is 56.8 cm³/mol. The molecule has 0 aliphatic carbocycles. The van der Waals surface area contributed by atoms with Crippen molar-refractivity contribution in [1.29, 1.82) is 0 Å². The fourth-order valence-electron chi connectivity index (χ4n) is 1.51. The summed E-state index contributed by atoms with van der Waals surface area (Å²) in [6.07, 6.45) is 3.61. The van der Waals surface area contributed by atoms with Crippen molar-refractivity contribution in [3.05, 3.63) is 42.2 Å². The van der Waals surface area contributed by atoms with E-state index < -0.39 is 0 Å². The highest BCUT2D eigenvalue weighted by Crippen LogP contribution is 2.19. The minimum Gasteiger partial charge on any atom is -0.345 e. The number of nitrogens with zero attached hydrogens (tertiary/aromatic N) is 1. The average Bonchev–Trinajstić information content (AvgIpc) is 2.72. The largest absolute Gasteiger partial charge is 0.345 e. The zero-order valence-corrected chi connectivity index (χ0v) is 8.12. The van der Waals surface area contributed by atoms with Crippen LogP contribution in [0.5, 0.6) is 0 Å². The third kappa shape index (κ3) is 1.67. The molecule has 0 atom stereocenters. The first kappa shape index (κ1) is 8.97. The normalized spacial score (nSPS) is 10.4. The Morgan fingerprint density at radius 1 is 1.36 bits per heavy atom. The molecule has 0 saturated heterocycles. The summed E-state index contributed by atoms with van der Waals surface area (Å²) in [5.41, 5.74) is 2.41. The van der Waals surface area contributed by atoms with E-state index in [0.29, 0.717) is 0 Å². The van der Waals surface area contributed by atoms with Gasteiger partial charge in [-0.1, -0.05) is 24.3 Å². The van der Waals surface area contributed by atoms with Crippen molar-refractivity contribution >= 4 is 0 Å². The molecule has 0 bridgehead atoms. The highest BCUT2D eigenvalue weighted by molar-refractivity contribution is 5.59. The Kier molecular flexibility index (Phi) is 2.60. The van der Waals surface area contributed by atoms with Gasteiger partial charge in [0, 0.05) is 24.5 Å². The second-order valence-corrected chi connectivity index (χ2v) is 3.13. The number of H-pyrrole nitrogens is 1. The molecule has 0 radical (unpaired) electrons. The fourth-order valence-corrected chi connectivity index (χ4v) is 1.51. The average molecular weight is 187 g/mol. The van der Waals surface area contributed by atoms with Gasteiger partial charge in [-0.05, 0) is 12.6 Å². The molecule has 3 nitrogen and oxygen atoms in total. The highest BCUT2D eigenvalue weighted by Gasteiger charge is 2.04. The van der Waals surface area contributed by atoms with E-state index in [-0.39, 0.29) is 0 Å². The summed E-state index contributed by atoms with van der Waals surface area (Å²) in [4.78, 5) is 7.36. The molecule has 0 saturated carbocycles. The Bertz CT molecular complexity index is 393. The highest BCUT2D eigenvalue weighted by atomic mass is 14.9. The summed E-state index contributed by atoms with van der Waals surface area (Å²) in [7, 11) is 1.94. The number of aromatic nitrogens is 2. The molecule has 2 N–H and O–H groups in total. The molecule has 2 rings (SSSR count). The van der Waals surface area contributed by atoms with Crippen LogP contribution in [0.2, 0.25) is 0 Å². The lowest BCUT2D eigenvalue weighted by atomic mass is 10.1. The Morgan fingerprint density at radius 2 is 2.21 bits per heavy atom. The molecule has 0 unspecified atom stereocenters. The molecule has 0 aliphatic heterocycles. The van der Waals surface area contributed by atoms with Gasteiger partial charge in [0.15, 0.2) is 0 Å². The van der Waals surface area contributed by atoms with Crippen molar-refractivity contribution < 1.29 is 0 Å². The zero-order valence-electron chi connectivity index (χ0n) is 8.12. The van der Waals surface area contributed by atoms with Crippen LogP contribution in [0.4, 0.5) is 0 Å². The molecule has 72 valence electrons. The maximum atomic E-state index is 4.25. The Balaban J connectivity index is 2.42. The van der Waals surface area contributed by atoms with Gasteiger partial charge in [-0.2, -0.15) is 0 Å². The SMILES string of the molecule is CNCc1ccccc1-c1ncc[nH]1. The Hall–Kier alpha value is -1.61. The van der Waals surface area contributed by atoms with E-state index in [1.807, 2.05) is 25.4 Å². The second kappa shape index (κ2) is 4.07. The van der Waals surface area contributed by atoms with E-state index in [1.54, 1.807) is 6.20 Å². The van der Waals surface area contributed by atoms with Crippen LogP contribution in [-0.4, -0.2) is 17.0 Å². The lowest BCUT2D eigenvalue weighted by Crippen LogP contribution is -2.06. The van der Waals surface area contributed by atoms with Gasteiger partial charge in [-0.25, -0.2) is 4.98 Å². The quantitative estimate of drug-likeness (QED) is 0.769. The van der Waals surface area contributed by atoms with E-state index in [9.17, 15) is 0 Å². The van der Waals surface area contributed by atoms with Crippen molar-refractivity contribution in [1.82, 2.24) is 15.3 Å². The van der Waals surface area contributed by atoms with Gasteiger partial charge in [0.1, 0.15) is 5.82 Å². The number of benzene rings is 1. The molecule has 1 aromatic heterocycles. The van der Waals surface area contributed by atoms with Gasteiger partial charge < -0.3 is 10.3 Å². The van der Waals surface area contributed by atoms with Crippen LogP contribution < -0.4 is 5.32 Å². The Morgan fingerprint density at radius 3 is 2.93 bits per heavy atom. The molecule has 0 spiro atoms. The van der Waals surface area contributed by atoms with Crippen molar-refractivity contribution in [2.45, 2.75) is 6.54 Å². The number of rotatable bonds is 3. The van der Waals surface area contributed by atoms with Crippen molar-refractivity contribution in [3.8, 4) is 11.4 Å². The van der Waals surface area contributed by atoms with Crippen LogP contribution in [-0.2, 0) is 6.54 Å². The molecular weight excluding hydrogens is 174 g/mol. The van der Waals surface area contributed by atoms with E-state index in [0.717, 1.165) is 17.9 Å². The van der Waals surface area contributed by atoms with Crippen LogP contribution in [0.3, 0.4) is 0 Å². The maximum Gasteiger partial charge on any atom is 0.137 e. The van der Waals surface area contributed by atoms with Crippen molar-refractivity contribution in [3.63, 3.8) is 0 Å². The smallest absolute Gasteiger partial charge is 0.137 e. The van der Waals surface area contributed by atoms with Gasteiger partial charge in [-0.3, -0.25) is 0 Å². The molecule has 0 fully saturated rings. The summed E-state index contributed by atoms with van der Waals surface area (Å²) < 4.78 is 0. The Labute approximate surface area is 83.2 Å². The number of nitrogens with one attached hydrogen (secondary N) is 2. The van der Waals surface area contributed by atoms with Crippen LogP contribution in [0.1, 0.15) is 5.56 Å². The summed E-state index contributed by atoms with van der Waals surface area (Å²) in [6, 6.07) is 8.25. The lowest BCUT2D eigenvalue weighted by molar-refractivity contribution is 0.818. The first-order chi connectivity index (χ1) is 6.92. The summed E-state index contributed by atoms with van der Waals surface area (Å²) in [6.45, 7) is 0.858. The number of imidazole rings is 1. The monoisotopic (exact) mass is 187 g/mol. The maximum absolute atomic E-state index is 4.25. The lowest BCUT2D eigenvalue weighted by Gasteiger charge is -2.05. The van der Waals surface area contributed by atoms with Crippen LogP contribution in [0.15, 0.2) is 36.7 Å². The van der Waals surface area contributed by atoms with Gasteiger partial charge in [0.25, 0.3) is 0 Å².